The number of hydrogen-bond donors (Lipinski definition) is 3. The van der Waals surface area contributed by atoms with E-state index in [1.165, 1.54) is 6.07 Å². The third-order valence-electron chi connectivity index (χ3n) is 4.93. The van der Waals surface area contributed by atoms with Gasteiger partial charge in [0.25, 0.3) is 11.8 Å². The lowest BCUT2D eigenvalue weighted by Crippen LogP contribution is -2.47. The van der Waals surface area contributed by atoms with Crippen molar-refractivity contribution in [3.8, 4) is 0 Å². The van der Waals surface area contributed by atoms with E-state index >= 15 is 0 Å². The standard InChI is InChI=1S/C19H21FN8O2/c1-2-22-18(30)17-23-9-12(10-24-17)27-3-5-28(6-4-27)19-25-14-8-11(20)7-13(16(21)29)15(14)26-19/h7-10H,2-6H2,1H3,(H2,21,29)(H,22,30)(H,25,26). The molecule has 3 aromatic rings. The normalized spacial score (nSPS) is 14.2. The Labute approximate surface area is 171 Å². The van der Waals surface area contributed by atoms with E-state index in [9.17, 15) is 14.0 Å². The van der Waals surface area contributed by atoms with E-state index in [1.54, 1.807) is 12.4 Å². The number of rotatable bonds is 5. The fraction of sp³-hybridized carbons (Fsp3) is 0.316. The first-order chi connectivity index (χ1) is 14.5. The third kappa shape index (κ3) is 3.73. The number of anilines is 2. The number of carbonyl (C=O) groups excluding carboxylic acids is 2. The molecule has 4 N–H and O–H groups in total. The van der Waals surface area contributed by atoms with Crippen molar-refractivity contribution < 1.29 is 14.0 Å². The van der Waals surface area contributed by atoms with Crippen molar-refractivity contribution in [2.75, 3.05) is 42.5 Å². The smallest absolute Gasteiger partial charge is 0.289 e. The Hall–Kier alpha value is -3.76. The van der Waals surface area contributed by atoms with Gasteiger partial charge in [0.1, 0.15) is 11.3 Å². The number of imidazole rings is 1. The Morgan fingerprint density at radius 1 is 1.17 bits per heavy atom. The van der Waals surface area contributed by atoms with Gasteiger partial charge in [-0.25, -0.2) is 19.3 Å². The zero-order valence-electron chi connectivity index (χ0n) is 16.4. The van der Waals surface area contributed by atoms with Crippen LogP contribution in [0.3, 0.4) is 0 Å². The molecule has 0 radical (unpaired) electrons. The first kappa shape index (κ1) is 19.6. The monoisotopic (exact) mass is 412 g/mol. The van der Waals surface area contributed by atoms with Crippen molar-refractivity contribution in [1.82, 2.24) is 25.3 Å². The Morgan fingerprint density at radius 2 is 1.83 bits per heavy atom. The lowest BCUT2D eigenvalue weighted by Gasteiger charge is -2.35. The summed E-state index contributed by atoms with van der Waals surface area (Å²) in [5, 5.41) is 2.66. The highest BCUT2D eigenvalue weighted by Gasteiger charge is 2.22. The van der Waals surface area contributed by atoms with Crippen LogP contribution in [0, 0.1) is 5.82 Å². The second-order valence-electron chi connectivity index (χ2n) is 6.87. The first-order valence-electron chi connectivity index (χ1n) is 9.55. The summed E-state index contributed by atoms with van der Waals surface area (Å²) in [6.45, 7) is 4.99. The number of carbonyl (C=O) groups is 2. The van der Waals surface area contributed by atoms with E-state index < -0.39 is 11.7 Å². The highest BCUT2D eigenvalue weighted by atomic mass is 19.1. The molecule has 1 aliphatic rings. The van der Waals surface area contributed by atoms with Crippen LogP contribution in [0.2, 0.25) is 0 Å². The molecule has 0 saturated carbocycles. The molecule has 0 atom stereocenters. The topological polar surface area (TPSA) is 133 Å². The lowest BCUT2D eigenvalue weighted by molar-refractivity contribution is 0.0944. The molecule has 30 heavy (non-hydrogen) atoms. The molecule has 0 aliphatic carbocycles. The highest BCUT2D eigenvalue weighted by molar-refractivity contribution is 6.04. The van der Waals surface area contributed by atoms with Crippen molar-refractivity contribution in [2.45, 2.75) is 6.92 Å². The van der Waals surface area contributed by atoms with Crippen LogP contribution >= 0.6 is 0 Å². The molecule has 2 amide bonds. The van der Waals surface area contributed by atoms with Gasteiger partial charge in [-0.05, 0) is 19.1 Å². The number of halogens is 1. The lowest BCUT2D eigenvalue weighted by atomic mass is 10.1. The minimum Gasteiger partial charge on any atom is -0.366 e. The van der Waals surface area contributed by atoms with Crippen molar-refractivity contribution in [2.24, 2.45) is 5.73 Å². The number of piperazine rings is 1. The summed E-state index contributed by atoms with van der Waals surface area (Å²) in [5.74, 6) is -0.879. The predicted octanol–water partition coefficient (Wildman–Crippen LogP) is 0.667. The number of aromatic amines is 1. The minimum atomic E-state index is -0.724. The number of H-pyrrole nitrogens is 1. The number of amides is 2. The Bertz CT molecular complexity index is 1090. The third-order valence-corrected chi connectivity index (χ3v) is 4.93. The van der Waals surface area contributed by atoms with E-state index in [0.717, 1.165) is 11.8 Å². The molecule has 10 nitrogen and oxygen atoms in total. The molecule has 156 valence electrons. The van der Waals surface area contributed by atoms with Gasteiger partial charge in [-0.15, -0.1) is 0 Å². The number of aromatic nitrogens is 4. The minimum absolute atomic E-state index is 0.0514. The van der Waals surface area contributed by atoms with Gasteiger partial charge in [0.2, 0.25) is 11.8 Å². The zero-order chi connectivity index (χ0) is 21.3. The quantitative estimate of drug-likeness (QED) is 0.561. The maximum atomic E-state index is 13.8. The van der Waals surface area contributed by atoms with Gasteiger partial charge < -0.3 is 25.8 Å². The molecule has 1 aliphatic heterocycles. The summed E-state index contributed by atoms with van der Waals surface area (Å²) in [5.41, 5.74) is 7.01. The second-order valence-corrected chi connectivity index (χ2v) is 6.87. The number of nitrogens with zero attached hydrogens (tertiary/aromatic N) is 5. The van der Waals surface area contributed by atoms with Crippen LogP contribution in [0.4, 0.5) is 16.0 Å². The Kier molecular flexibility index (Phi) is 5.17. The maximum absolute atomic E-state index is 13.8. The molecule has 11 heteroatoms. The summed E-state index contributed by atoms with van der Waals surface area (Å²) in [4.78, 5) is 43.3. The van der Waals surface area contributed by atoms with Crippen LogP contribution in [0.1, 0.15) is 27.9 Å². The van der Waals surface area contributed by atoms with Gasteiger partial charge in [-0.3, -0.25) is 9.59 Å². The number of primary amides is 1. The van der Waals surface area contributed by atoms with E-state index in [-0.39, 0.29) is 17.3 Å². The van der Waals surface area contributed by atoms with Crippen LogP contribution in [0.5, 0.6) is 0 Å². The molecule has 1 saturated heterocycles. The summed E-state index contributed by atoms with van der Waals surface area (Å²) < 4.78 is 13.8. The summed E-state index contributed by atoms with van der Waals surface area (Å²) >= 11 is 0. The molecule has 4 rings (SSSR count). The van der Waals surface area contributed by atoms with E-state index in [0.29, 0.717) is 49.7 Å². The number of nitrogens with one attached hydrogen (secondary N) is 2. The summed E-state index contributed by atoms with van der Waals surface area (Å²) in [6.07, 6.45) is 3.27. The second kappa shape index (κ2) is 7.93. The summed E-state index contributed by atoms with van der Waals surface area (Å²) in [6, 6.07) is 2.39. The number of nitrogens with two attached hydrogens (primary N) is 1. The molecule has 1 fully saturated rings. The molecule has 0 unspecified atom stereocenters. The summed E-state index contributed by atoms with van der Waals surface area (Å²) in [7, 11) is 0. The van der Waals surface area contributed by atoms with Crippen LogP contribution in [0.25, 0.3) is 11.0 Å². The van der Waals surface area contributed by atoms with Gasteiger partial charge in [0.05, 0.1) is 29.2 Å². The Morgan fingerprint density at radius 3 is 2.47 bits per heavy atom. The maximum Gasteiger partial charge on any atom is 0.289 e. The van der Waals surface area contributed by atoms with Gasteiger partial charge in [-0.2, -0.15) is 0 Å². The van der Waals surface area contributed by atoms with Gasteiger partial charge in [-0.1, -0.05) is 0 Å². The van der Waals surface area contributed by atoms with Crippen molar-refractivity contribution in [3.05, 3.63) is 41.7 Å². The predicted molar refractivity (Wildman–Crippen MR) is 109 cm³/mol. The van der Waals surface area contributed by atoms with Gasteiger partial charge >= 0.3 is 0 Å². The molecule has 0 bridgehead atoms. The zero-order valence-corrected chi connectivity index (χ0v) is 16.4. The highest BCUT2D eigenvalue weighted by Crippen LogP contribution is 2.24. The van der Waals surface area contributed by atoms with Crippen LogP contribution < -0.4 is 20.9 Å². The van der Waals surface area contributed by atoms with Gasteiger partial charge in [0.15, 0.2) is 0 Å². The number of benzene rings is 1. The van der Waals surface area contributed by atoms with Crippen molar-refractivity contribution in [1.29, 1.82) is 0 Å². The van der Waals surface area contributed by atoms with E-state index in [1.807, 2.05) is 11.8 Å². The number of hydrogen-bond acceptors (Lipinski definition) is 7. The molecule has 2 aromatic heterocycles. The van der Waals surface area contributed by atoms with Gasteiger partial charge in [0, 0.05) is 32.7 Å². The largest absolute Gasteiger partial charge is 0.366 e. The van der Waals surface area contributed by atoms with E-state index in [2.05, 4.69) is 30.2 Å². The molecule has 3 heterocycles. The van der Waals surface area contributed by atoms with Crippen LogP contribution in [-0.4, -0.2) is 64.5 Å². The molecule has 1 aromatic carbocycles. The van der Waals surface area contributed by atoms with E-state index in [4.69, 9.17) is 5.73 Å². The first-order valence-corrected chi connectivity index (χ1v) is 9.55. The average molecular weight is 412 g/mol. The van der Waals surface area contributed by atoms with Crippen LogP contribution in [0.15, 0.2) is 24.5 Å². The SMILES string of the molecule is CCNC(=O)c1ncc(N2CCN(c3nc4c(C(N)=O)cc(F)cc4[nH]3)CC2)cn1. The molecular weight excluding hydrogens is 391 g/mol. The average Bonchev–Trinajstić information content (AvgIpc) is 3.17. The molecule has 0 spiro atoms. The number of fused-ring (bicyclic) bond motifs is 1. The molecular formula is C19H21FN8O2. The Balaban J connectivity index is 1.46. The fourth-order valence-electron chi connectivity index (χ4n) is 3.42. The van der Waals surface area contributed by atoms with Crippen LogP contribution in [-0.2, 0) is 0 Å². The fourth-order valence-corrected chi connectivity index (χ4v) is 3.42. The van der Waals surface area contributed by atoms with Crippen molar-refractivity contribution >= 4 is 34.5 Å². The van der Waals surface area contributed by atoms with Crippen molar-refractivity contribution in [3.63, 3.8) is 0 Å².